The van der Waals surface area contributed by atoms with Gasteiger partial charge < -0.3 is 15.3 Å². The first-order valence-electron chi connectivity index (χ1n) is 10.2. The van der Waals surface area contributed by atoms with Crippen molar-refractivity contribution in [1.82, 2.24) is 15.1 Å². The summed E-state index contributed by atoms with van der Waals surface area (Å²) < 4.78 is 0. The molecule has 2 atom stereocenters. The molecule has 0 aromatic heterocycles. The van der Waals surface area contributed by atoms with Crippen LogP contribution in [0.2, 0.25) is 0 Å². The quantitative estimate of drug-likeness (QED) is 0.691. The van der Waals surface area contributed by atoms with Crippen LogP contribution in [0.15, 0.2) is 54.6 Å². The van der Waals surface area contributed by atoms with Gasteiger partial charge in [-0.05, 0) is 48.9 Å². The number of imide groups is 1. The van der Waals surface area contributed by atoms with E-state index in [-0.39, 0.29) is 24.2 Å². The zero-order chi connectivity index (χ0) is 21.3. The minimum atomic E-state index is -0.852. The maximum atomic E-state index is 13.2. The molecule has 2 aromatic carbocycles. The molecule has 0 bridgehead atoms. The second-order valence-corrected chi connectivity index (χ2v) is 7.98. The Bertz CT molecular complexity index is 941. The van der Waals surface area contributed by atoms with Crippen LogP contribution in [0.25, 0.3) is 0 Å². The molecule has 4 amide bonds. The number of amides is 4. The van der Waals surface area contributed by atoms with E-state index in [1.54, 1.807) is 17.0 Å². The van der Waals surface area contributed by atoms with Crippen LogP contribution in [-0.4, -0.2) is 45.3 Å². The van der Waals surface area contributed by atoms with E-state index in [4.69, 9.17) is 0 Å². The maximum Gasteiger partial charge on any atom is 0.325 e. The zero-order valence-corrected chi connectivity index (χ0v) is 16.8. The number of phenolic OH excluding ortho intramolecular Hbond substituents is 1. The molecule has 1 saturated heterocycles. The van der Waals surface area contributed by atoms with Gasteiger partial charge >= 0.3 is 6.03 Å². The Kier molecular flexibility index (Phi) is 5.44. The largest absolute Gasteiger partial charge is 0.508 e. The molecule has 0 radical (unpaired) electrons. The standard InChI is InChI=1S/C23H25N3O4/c1-15(17-7-8-17)25(13-16-5-3-2-4-6-16)20(28)14-26-22(29)21(24-23(26)30)18-9-11-19(27)12-10-18/h2-6,9-12,15,17,21,27H,7-8,13-14H2,1H3,(H,24,30). The van der Waals surface area contributed by atoms with Crippen molar-refractivity contribution in [2.45, 2.75) is 38.4 Å². The molecule has 1 aliphatic carbocycles. The summed E-state index contributed by atoms with van der Waals surface area (Å²) >= 11 is 0. The van der Waals surface area contributed by atoms with Crippen molar-refractivity contribution < 1.29 is 19.5 Å². The number of carbonyl (C=O) groups excluding carboxylic acids is 3. The smallest absolute Gasteiger partial charge is 0.325 e. The first kappa shape index (κ1) is 19.9. The maximum absolute atomic E-state index is 13.2. The molecule has 1 saturated carbocycles. The fraction of sp³-hybridized carbons (Fsp3) is 0.348. The number of nitrogens with zero attached hydrogens (tertiary/aromatic N) is 2. The van der Waals surface area contributed by atoms with Crippen LogP contribution in [0, 0.1) is 5.92 Å². The summed E-state index contributed by atoms with van der Waals surface area (Å²) in [5.41, 5.74) is 1.58. The number of phenols is 1. The van der Waals surface area contributed by atoms with Crippen molar-refractivity contribution in [3.63, 3.8) is 0 Å². The molecular formula is C23H25N3O4. The highest BCUT2D eigenvalue weighted by atomic mass is 16.3. The summed E-state index contributed by atoms with van der Waals surface area (Å²) in [6, 6.07) is 14.4. The molecule has 30 heavy (non-hydrogen) atoms. The van der Waals surface area contributed by atoms with Crippen LogP contribution in [0.4, 0.5) is 4.79 Å². The lowest BCUT2D eigenvalue weighted by atomic mass is 10.1. The number of benzene rings is 2. The Morgan fingerprint density at radius 2 is 1.80 bits per heavy atom. The lowest BCUT2D eigenvalue weighted by Gasteiger charge is -2.30. The van der Waals surface area contributed by atoms with E-state index in [0.29, 0.717) is 18.0 Å². The molecule has 0 spiro atoms. The lowest BCUT2D eigenvalue weighted by Crippen LogP contribution is -2.46. The van der Waals surface area contributed by atoms with Gasteiger partial charge in [-0.15, -0.1) is 0 Å². The van der Waals surface area contributed by atoms with Gasteiger partial charge in [0.05, 0.1) is 0 Å². The average Bonchev–Trinajstić information content (AvgIpc) is 3.56. The van der Waals surface area contributed by atoms with Gasteiger partial charge in [0.15, 0.2) is 0 Å². The van der Waals surface area contributed by atoms with Crippen molar-refractivity contribution >= 4 is 17.8 Å². The van der Waals surface area contributed by atoms with Gasteiger partial charge in [0.2, 0.25) is 5.91 Å². The molecule has 1 heterocycles. The van der Waals surface area contributed by atoms with Gasteiger partial charge in [-0.2, -0.15) is 0 Å². The van der Waals surface area contributed by atoms with Gasteiger partial charge in [-0.25, -0.2) is 4.79 Å². The number of urea groups is 1. The summed E-state index contributed by atoms with van der Waals surface area (Å²) in [4.78, 5) is 41.2. The molecule has 156 valence electrons. The molecule has 1 aliphatic heterocycles. The highest BCUT2D eigenvalue weighted by Gasteiger charge is 2.42. The van der Waals surface area contributed by atoms with Crippen LogP contribution in [0.1, 0.15) is 36.9 Å². The zero-order valence-electron chi connectivity index (χ0n) is 16.8. The van der Waals surface area contributed by atoms with Crippen molar-refractivity contribution in [2.24, 2.45) is 5.92 Å². The molecule has 7 heteroatoms. The van der Waals surface area contributed by atoms with Crippen LogP contribution in [0.5, 0.6) is 5.75 Å². The van der Waals surface area contributed by atoms with Crippen molar-refractivity contribution in [2.75, 3.05) is 6.54 Å². The predicted molar refractivity (Wildman–Crippen MR) is 110 cm³/mol. The number of nitrogens with one attached hydrogen (secondary N) is 1. The van der Waals surface area contributed by atoms with Gasteiger partial charge in [-0.1, -0.05) is 42.5 Å². The second kappa shape index (κ2) is 8.18. The Morgan fingerprint density at radius 3 is 2.43 bits per heavy atom. The SMILES string of the molecule is CC(C1CC1)N(Cc1ccccc1)C(=O)CN1C(=O)NC(c2ccc(O)cc2)C1=O. The Balaban J connectivity index is 1.49. The first-order chi connectivity index (χ1) is 14.4. The van der Waals surface area contributed by atoms with E-state index in [0.717, 1.165) is 23.3 Å². The summed E-state index contributed by atoms with van der Waals surface area (Å²) in [6.45, 7) is 2.19. The minimum Gasteiger partial charge on any atom is -0.508 e. The Labute approximate surface area is 175 Å². The van der Waals surface area contributed by atoms with Crippen molar-refractivity contribution in [1.29, 1.82) is 0 Å². The van der Waals surface area contributed by atoms with Gasteiger partial charge in [-0.3, -0.25) is 14.5 Å². The van der Waals surface area contributed by atoms with E-state index in [1.165, 1.54) is 12.1 Å². The normalized spacial score (nSPS) is 19.5. The van der Waals surface area contributed by atoms with Crippen LogP contribution in [-0.2, 0) is 16.1 Å². The molecule has 2 aromatic rings. The fourth-order valence-corrected chi connectivity index (χ4v) is 3.86. The van der Waals surface area contributed by atoms with E-state index in [1.807, 2.05) is 37.3 Å². The molecule has 2 N–H and O–H groups in total. The van der Waals surface area contributed by atoms with Crippen molar-refractivity contribution in [3.8, 4) is 5.75 Å². The number of hydrogen-bond donors (Lipinski definition) is 2. The Morgan fingerprint density at radius 1 is 1.13 bits per heavy atom. The number of hydrogen-bond acceptors (Lipinski definition) is 4. The van der Waals surface area contributed by atoms with Crippen LogP contribution < -0.4 is 5.32 Å². The molecule has 2 aliphatic rings. The van der Waals surface area contributed by atoms with Gasteiger partial charge in [0.1, 0.15) is 18.3 Å². The van der Waals surface area contributed by atoms with E-state index < -0.39 is 18.0 Å². The fourth-order valence-electron chi connectivity index (χ4n) is 3.86. The second-order valence-electron chi connectivity index (χ2n) is 7.98. The molecular weight excluding hydrogens is 382 g/mol. The van der Waals surface area contributed by atoms with Crippen molar-refractivity contribution in [3.05, 3.63) is 65.7 Å². The van der Waals surface area contributed by atoms with E-state index in [9.17, 15) is 19.5 Å². The van der Waals surface area contributed by atoms with E-state index in [2.05, 4.69) is 5.32 Å². The summed E-state index contributed by atoms with van der Waals surface area (Å²) in [7, 11) is 0. The van der Waals surface area contributed by atoms with Gasteiger partial charge in [0, 0.05) is 12.6 Å². The highest BCUT2D eigenvalue weighted by molar-refractivity contribution is 6.06. The summed E-state index contributed by atoms with van der Waals surface area (Å²) in [5, 5.41) is 12.1. The third-order valence-corrected chi connectivity index (χ3v) is 5.86. The number of carbonyl (C=O) groups is 3. The third-order valence-electron chi connectivity index (χ3n) is 5.86. The average molecular weight is 407 g/mol. The topological polar surface area (TPSA) is 90.0 Å². The Hall–Kier alpha value is -3.35. The molecule has 7 nitrogen and oxygen atoms in total. The summed E-state index contributed by atoms with van der Waals surface area (Å²) in [6.07, 6.45) is 2.18. The molecule has 2 fully saturated rings. The van der Waals surface area contributed by atoms with Gasteiger partial charge in [0.25, 0.3) is 5.91 Å². The lowest BCUT2D eigenvalue weighted by molar-refractivity contribution is -0.139. The number of aromatic hydroxyl groups is 1. The first-order valence-corrected chi connectivity index (χ1v) is 10.2. The van der Waals surface area contributed by atoms with Crippen LogP contribution >= 0.6 is 0 Å². The monoisotopic (exact) mass is 407 g/mol. The minimum absolute atomic E-state index is 0.0476. The van der Waals surface area contributed by atoms with E-state index >= 15 is 0 Å². The van der Waals surface area contributed by atoms with Crippen LogP contribution in [0.3, 0.4) is 0 Å². The molecule has 2 unspecified atom stereocenters. The predicted octanol–water partition coefficient (Wildman–Crippen LogP) is 2.81. The summed E-state index contributed by atoms with van der Waals surface area (Å²) in [5.74, 6) is -0.162. The third kappa shape index (κ3) is 4.15. The highest BCUT2D eigenvalue weighted by Crippen LogP contribution is 2.36. The number of rotatable bonds is 7. The molecule has 4 rings (SSSR count).